The van der Waals surface area contributed by atoms with Crippen LogP contribution in [0.4, 0.5) is 4.39 Å². The lowest BCUT2D eigenvalue weighted by Gasteiger charge is -2.16. The molecule has 2 rings (SSSR count). The molecule has 0 unspecified atom stereocenters. The molecule has 0 bridgehead atoms. The zero-order valence-corrected chi connectivity index (χ0v) is 12.2. The van der Waals surface area contributed by atoms with Gasteiger partial charge < -0.3 is 5.11 Å². The molecule has 0 spiro atoms. The van der Waals surface area contributed by atoms with Crippen LogP contribution in [0.25, 0.3) is 0 Å². The van der Waals surface area contributed by atoms with E-state index in [9.17, 15) is 17.6 Å². The van der Waals surface area contributed by atoms with Crippen LogP contribution in [-0.4, -0.2) is 36.9 Å². The van der Waals surface area contributed by atoms with Crippen molar-refractivity contribution in [3.8, 4) is 0 Å². The molecule has 1 aromatic rings. The van der Waals surface area contributed by atoms with Crippen molar-refractivity contribution >= 4 is 27.6 Å². The lowest BCUT2D eigenvalue weighted by atomic mass is 9.99. The van der Waals surface area contributed by atoms with E-state index in [-0.39, 0.29) is 28.9 Å². The third kappa shape index (κ3) is 2.79. The van der Waals surface area contributed by atoms with Crippen LogP contribution in [0.1, 0.15) is 6.92 Å². The maximum absolute atomic E-state index is 13.3. The monoisotopic (exact) mass is 321 g/mol. The number of carboxylic acid groups (broad SMARTS) is 1. The Morgan fingerprint density at radius 3 is 2.55 bits per heavy atom. The highest BCUT2D eigenvalue weighted by Gasteiger charge is 2.40. The van der Waals surface area contributed by atoms with Crippen LogP contribution in [0.3, 0.4) is 0 Å². The van der Waals surface area contributed by atoms with E-state index in [0.29, 0.717) is 0 Å². The SMILES string of the molecule is C[C@@H]1CN(S(=O)(=O)c2cc(F)cc(Cl)c2)C[C@H]1C(=O)O. The first kappa shape index (κ1) is 15.2. The molecule has 110 valence electrons. The molecule has 20 heavy (non-hydrogen) atoms. The molecule has 1 saturated heterocycles. The van der Waals surface area contributed by atoms with Gasteiger partial charge in [-0.15, -0.1) is 0 Å². The standard InChI is InChI=1S/C12H13ClFNO4S/c1-7-5-15(6-11(7)12(16)17)20(18,19)10-3-8(13)2-9(14)4-10/h2-4,7,11H,5-6H2,1H3,(H,16,17)/t7-,11-/m1/s1. The van der Waals surface area contributed by atoms with Gasteiger partial charge in [0.25, 0.3) is 0 Å². The molecule has 0 radical (unpaired) electrons. The fourth-order valence-electron chi connectivity index (χ4n) is 2.27. The van der Waals surface area contributed by atoms with Gasteiger partial charge in [0.05, 0.1) is 10.8 Å². The minimum Gasteiger partial charge on any atom is -0.481 e. The van der Waals surface area contributed by atoms with Crippen molar-refractivity contribution in [3.05, 3.63) is 29.0 Å². The van der Waals surface area contributed by atoms with Crippen LogP contribution in [0.15, 0.2) is 23.1 Å². The van der Waals surface area contributed by atoms with Crippen molar-refractivity contribution in [3.63, 3.8) is 0 Å². The highest BCUT2D eigenvalue weighted by atomic mass is 35.5. The molecular weight excluding hydrogens is 309 g/mol. The average Bonchev–Trinajstić information content (AvgIpc) is 2.70. The summed E-state index contributed by atoms with van der Waals surface area (Å²) in [6.45, 7) is 1.65. The molecule has 1 N–H and O–H groups in total. The number of aliphatic carboxylic acids is 1. The average molecular weight is 322 g/mol. The van der Waals surface area contributed by atoms with Gasteiger partial charge in [-0.1, -0.05) is 18.5 Å². The maximum atomic E-state index is 13.3. The van der Waals surface area contributed by atoms with Crippen LogP contribution in [0, 0.1) is 17.7 Å². The van der Waals surface area contributed by atoms with Crippen molar-refractivity contribution in [2.45, 2.75) is 11.8 Å². The van der Waals surface area contributed by atoms with E-state index in [4.69, 9.17) is 16.7 Å². The Hall–Kier alpha value is -1.18. The number of hydrogen-bond acceptors (Lipinski definition) is 3. The Kier molecular flexibility index (Phi) is 4.04. The zero-order valence-electron chi connectivity index (χ0n) is 10.6. The molecule has 0 saturated carbocycles. The Morgan fingerprint density at radius 2 is 2.05 bits per heavy atom. The molecule has 1 aliphatic rings. The van der Waals surface area contributed by atoms with Crippen molar-refractivity contribution in [2.24, 2.45) is 11.8 Å². The summed E-state index contributed by atoms with van der Waals surface area (Å²) in [5, 5.41) is 9.00. The van der Waals surface area contributed by atoms with Crippen molar-refractivity contribution in [2.75, 3.05) is 13.1 Å². The van der Waals surface area contributed by atoms with E-state index in [2.05, 4.69) is 0 Å². The smallest absolute Gasteiger partial charge is 0.308 e. The van der Waals surface area contributed by atoms with Crippen LogP contribution in [0.5, 0.6) is 0 Å². The highest BCUT2D eigenvalue weighted by Crippen LogP contribution is 2.29. The largest absolute Gasteiger partial charge is 0.481 e. The molecule has 1 aliphatic heterocycles. The van der Waals surface area contributed by atoms with Crippen LogP contribution < -0.4 is 0 Å². The summed E-state index contributed by atoms with van der Waals surface area (Å²) < 4.78 is 39.0. The topological polar surface area (TPSA) is 74.7 Å². The molecular formula is C12H13ClFNO4S. The molecule has 8 heteroatoms. The number of nitrogens with zero attached hydrogens (tertiary/aromatic N) is 1. The fourth-order valence-corrected chi connectivity index (χ4v) is 4.18. The van der Waals surface area contributed by atoms with Gasteiger partial charge in [0.2, 0.25) is 10.0 Å². The number of carbonyl (C=O) groups is 1. The highest BCUT2D eigenvalue weighted by molar-refractivity contribution is 7.89. The van der Waals surface area contributed by atoms with Crippen LogP contribution in [0.2, 0.25) is 5.02 Å². The van der Waals surface area contributed by atoms with Crippen LogP contribution in [-0.2, 0) is 14.8 Å². The molecule has 1 heterocycles. The number of sulfonamides is 1. The van der Waals surface area contributed by atoms with Gasteiger partial charge in [-0.05, 0) is 24.1 Å². The summed E-state index contributed by atoms with van der Waals surface area (Å²) in [6.07, 6.45) is 0. The second kappa shape index (κ2) is 5.31. The summed E-state index contributed by atoms with van der Waals surface area (Å²) in [7, 11) is -3.94. The number of benzene rings is 1. The second-order valence-electron chi connectivity index (χ2n) is 4.85. The number of rotatable bonds is 3. The Labute approximate surface area is 121 Å². The van der Waals surface area contributed by atoms with E-state index >= 15 is 0 Å². The maximum Gasteiger partial charge on any atom is 0.308 e. The first-order valence-corrected chi connectivity index (χ1v) is 7.72. The van der Waals surface area contributed by atoms with Crippen molar-refractivity contribution in [1.29, 1.82) is 0 Å². The normalized spacial score (nSPS) is 23.9. The summed E-state index contributed by atoms with van der Waals surface area (Å²) in [4.78, 5) is 10.8. The van der Waals surface area contributed by atoms with Gasteiger partial charge in [0, 0.05) is 18.1 Å². The predicted octanol–water partition coefficient (Wildman–Crippen LogP) is 1.82. The first-order valence-electron chi connectivity index (χ1n) is 5.91. The molecule has 5 nitrogen and oxygen atoms in total. The lowest BCUT2D eigenvalue weighted by molar-refractivity contribution is -0.142. The van der Waals surface area contributed by atoms with Gasteiger partial charge in [-0.3, -0.25) is 4.79 Å². The van der Waals surface area contributed by atoms with Crippen LogP contribution >= 0.6 is 11.6 Å². The number of halogens is 2. The van der Waals surface area contributed by atoms with Gasteiger partial charge in [-0.2, -0.15) is 4.31 Å². The first-order chi connectivity index (χ1) is 9.21. The van der Waals surface area contributed by atoms with Crippen molar-refractivity contribution in [1.82, 2.24) is 4.31 Å². The molecule has 0 amide bonds. The molecule has 0 aliphatic carbocycles. The van der Waals surface area contributed by atoms with Gasteiger partial charge >= 0.3 is 5.97 Å². The number of hydrogen-bond donors (Lipinski definition) is 1. The van der Waals surface area contributed by atoms with E-state index in [0.717, 1.165) is 22.5 Å². The quantitative estimate of drug-likeness (QED) is 0.921. The fraction of sp³-hybridized carbons (Fsp3) is 0.417. The Morgan fingerprint density at radius 1 is 1.40 bits per heavy atom. The third-order valence-electron chi connectivity index (χ3n) is 3.37. The predicted molar refractivity (Wildman–Crippen MR) is 70.5 cm³/mol. The number of carboxylic acids is 1. The second-order valence-corrected chi connectivity index (χ2v) is 7.22. The Bertz CT molecular complexity index is 629. The van der Waals surface area contributed by atoms with Gasteiger partial charge in [0.1, 0.15) is 5.82 Å². The van der Waals surface area contributed by atoms with E-state index in [1.54, 1.807) is 6.92 Å². The molecule has 2 atom stereocenters. The lowest BCUT2D eigenvalue weighted by Crippen LogP contribution is -2.30. The van der Waals surface area contributed by atoms with Gasteiger partial charge in [-0.25, -0.2) is 12.8 Å². The van der Waals surface area contributed by atoms with E-state index in [1.807, 2.05) is 0 Å². The summed E-state index contributed by atoms with van der Waals surface area (Å²) in [5.74, 6) is -2.84. The minimum atomic E-state index is -3.94. The minimum absolute atomic E-state index is 0.0226. The summed E-state index contributed by atoms with van der Waals surface area (Å²) in [5.41, 5.74) is 0. The summed E-state index contributed by atoms with van der Waals surface area (Å²) >= 11 is 5.65. The molecule has 1 aromatic carbocycles. The van der Waals surface area contributed by atoms with E-state index < -0.39 is 27.7 Å². The molecule has 0 aromatic heterocycles. The third-order valence-corrected chi connectivity index (χ3v) is 5.40. The summed E-state index contributed by atoms with van der Waals surface area (Å²) in [6, 6.07) is 3.03. The zero-order chi connectivity index (χ0) is 15.1. The van der Waals surface area contributed by atoms with Gasteiger partial charge in [0.15, 0.2) is 0 Å². The van der Waals surface area contributed by atoms with E-state index in [1.165, 1.54) is 0 Å². The van der Waals surface area contributed by atoms with Crippen molar-refractivity contribution < 1.29 is 22.7 Å². The Balaban J connectivity index is 2.34. The molecule has 1 fully saturated rings.